The second kappa shape index (κ2) is 7.98. The summed E-state index contributed by atoms with van der Waals surface area (Å²) < 4.78 is 4.95. The highest BCUT2D eigenvalue weighted by Gasteiger charge is 2.22. The maximum Gasteiger partial charge on any atom is 0.326 e. The number of hydrogen-bond acceptors (Lipinski definition) is 6. The highest BCUT2D eigenvalue weighted by molar-refractivity contribution is 5.88. The van der Waals surface area contributed by atoms with Crippen molar-refractivity contribution in [3.05, 3.63) is 11.7 Å². The van der Waals surface area contributed by atoms with E-state index in [1.54, 1.807) is 0 Å². The number of hydrogen-bond donors (Lipinski definition) is 3. The number of nitrogens with two attached hydrogens (primary N) is 1. The minimum Gasteiger partial charge on any atom is -0.480 e. The van der Waals surface area contributed by atoms with Gasteiger partial charge in [0.2, 0.25) is 17.7 Å². The zero-order chi connectivity index (χ0) is 15.8. The minimum atomic E-state index is -1.33. The number of nitrogens with one attached hydrogen (secondary N) is 1. The van der Waals surface area contributed by atoms with Crippen LogP contribution in [0.25, 0.3) is 0 Å². The molecular formula is C12H18N4O5. The largest absolute Gasteiger partial charge is 0.480 e. The van der Waals surface area contributed by atoms with Gasteiger partial charge in [-0.1, -0.05) is 12.1 Å². The topological polar surface area (TPSA) is 148 Å². The zero-order valence-electron chi connectivity index (χ0n) is 11.7. The third kappa shape index (κ3) is 6.02. The smallest absolute Gasteiger partial charge is 0.326 e. The van der Waals surface area contributed by atoms with Crippen molar-refractivity contribution in [3.8, 4) is 0 Å². The van der Waals surface area contributed by atoms with Gasteiger partial charge in [0.15, 0.2) is 5.82 Å². The van der Waals surface area contributed by atoms with E-state index >= 15 is 0 Å². The second-order valence-corrected chi connectivity index (χ2v) is 4.48. The van der Waals surface area contributed by atoms with Gasteiger partial charge in [-0.3, -0.25) is 9.59 Å². The molecule has 0 radical (unpaired) electrons. The summed E-state index contributed by atoms with van der Waals surface area (Å²) in [4.78, 5) is 37.3. The third-order valence-corrected chi connectivity index (χ3v) is 2.59. The van der Waals surface area contributed by atoms with Gasteiger partial charge in [-0.2, -0.15) is 4.98 Å². The Balaban J connectivity index is 2.44. The Morgan fingerprint density at radius 2 is 2.10 bits per heavy atom. The molecule has 4 N–H and O–H groups in total. The van der Waals surface area contributed by atoms with Gasteiger partial charge >= 0.3 is 5.97 Å². The molecule has 1 atom stereocenters. The molecule has 0 aliphatic heterocycles. The molecule has 0 aliphatic carbocycles. The van der Waals surface area contributed by atoms with Gasteiger partial charge in [0, 0.05) is 19.3 Å². The first-order chi connectivity index (χ1) is 9.92. The van der Waals surface area contributed by atoms with Crippen LogP contribution in [-0.4, -0.2) is 39.1 Å². The summed E-state index contributed by atoms with van der Waals surface area (Å²) in [5.74, 6) is -1.76. The van der Waals surface area contributed by atoms with Crippen LogP contribution in [0.2, 0.25) is 0 Å². The molecule has 1 aromatic rings. The van der Waals surface area contributed by atoms with Crippen molar-refractivity contribution in [2.24, 2.45) is 5.73 Å². The van der Waals surface area contributed by atoms with Crippen LogP contribution < -0.4 is 11.1 Å². The number of primary amides is 1. The number of aliphatic carboxylic acids is 1. The molecule has 1 unspecified atom stereocenters. The molecular weight excluding hydrogens is 280 g/mol. The fraction of sp³-hybridized carbons (Fsp3) is 0.583. The van der Waals surface area contributed by atoms with Crippen LogP contribution in [0.3, 0.4) is 0 Å². The molecule has 0 saturated heterocycles. The van der Waals surface area contributed by atoms with Crippen molar-refractivity contribution >= 4 is 17.8 Å². The molecule has 0 fully saturated rings. The van der Waals surface area contributed by atoms with E-state index in [4.69, 9.17) is 15.4 Å². The predicted molar refractivity (Wildman–Crippen MR) is 70.0 cm³/mol. The molecule has 0 spiro atoms. The number of carbonyl (C=O) groups is 3. The summed E-state index contributed by atoms with van der Waals surface area (Å²) in [6, 6.07) is -1.33. The molecule has 1 rings (SSSR count). The van der Waals surface area contributed by atoms with E-state index in [1.807, 2.05) is 6.92 Å². The van der Waals surface area contributed by atoms with Gasteiger partial charge in [-0.15, -0.1) is 0 Å². The minimum absolute atomic E-state index is 0.0176. The molecule has 0 bridgehead atoms. The standard InChI is InChI=1S/C12H18N4O5/c1-2-3-9-15-11(21-16-9)5-4-10(18)14-7(12(19)20)6-8(13)17/h7H,2-6H2,1H3,(H2,13,17)(H,14,18)(H,19,20). The van der Waals surface area contributed by atoms with E-state index in [-0.39, 0.29) is 12.8 Å². The summed E-state index contributed by atoms with van der Waals surface area (Å²) >= 11 is 0. The molecule has 1 heterocycles. The number of carboxylic acids is 1. The van der Waals surface area contributed by atoms with E-state index in [0.29, 0.717) is 18.1 Å². The third-order valence-electron chi connectivity index (χ3n) is 2.59. The lowest BCUT2D eigenvalue weighted by atomic mass is 10.2. The van der Waals surface area contributed by atoms with E-state index < -0.39 is 30.2 Å². The molecule has 9 nitrogen and oxygen atoms in total. The number of aryl methyl sites for hydroxylation is 2. The van der Waals surface area contributed by atoms with E-state index in [2.05, 4.69) is 15.5 Å². The van der Waals surface area contributed by atoms with Gasteiger partial charge in [0.1, 0.15) is 6.04 Å². The van der Waals surface area contributed by atoms with Crippen LogP contribution in [0.5, 0.6) is 0 Å². The van der Waals surface area contributed by atoms with Gasteiger partial charge in [0.25, 0.3) is 0 Å². The Bertz CT molecular complexity index is 514. The Morgan fingerprint density at radius 3 is 2.67 bits per heavy atom. The number of nitrogens with zero attached hydrogens (tertiary/aromatic N) is 2. The number of rotatable bonds is 9. The number of aromatic nitrogens is 2. The molecule has 0 saturated carbocycles. The lowest BCUT2D eigenvalue weighted by molar-refractivity contribution is -0.143. The lowest BCUT2D eigenvalue weighted by Crippen LogP contribution is -2.43. The normalized spacial score (nSPS) is 11.9. The molecule has 0 aliphatic rings. The molecule has 1 aromatic heterocycles. The average molecular weight is 298 g/mol. The Kier molecular flexibility index (Phi) is 6.31. The van der Waals surface area contributed by atoms with Crippen molar-refractivity contribution < 1.29 is 24.0 Å². The first-order valence-corrected chi connectivity index (χ1v) is 6.54. The first kappa shape index (κ1) is 16.6. The fourth-order valence-electron chi connectivity index (χ4n) is 1.61. The molecule has 2 amide bonds. The highest BCUT2D eigenvalue weighted by Crippen LogP contribution is 2.03. The molecule has 0 aromatic carbocycles. The fourth-order valence-corrected chi connectivity index (χ4v) is 1.61. The SMILES string of the molecule is CCCc1noc(CCC(=O)NC(CC(N)=O)C(=O)O)n1. The number of amides is 2. The molecule has 21 heavy (non-hydrogen) atoms. The second-order valence-electron chi connectivity index (χ2n) is 4.48. The van der Waals surface area contributed by atoms with Crippen LogP contribution in [0, 0.1) is 0 Å². The maximum atomic E-state index is 11.6. The Labute approximate surface area is 120 Å². The molecule has 116 valence electrons. The van der Waals surface area contributed by atoms with Crippen LogP contribution in [0.1, 0.15) is 37.9 Å². The quantitative estimate of drug-likeness (QED) is 0.551. The van der Waals surface area contributed by atoms with E-state index in [1.165, 1.54) is 0 Å². The Morgan fingerprint density at radius 1 is 1.38 bits per heavy atom. The van der Waals surface area contributed by atoms with Gasteiger partial charge in [-0.25, -0.2) is 4.79 Å². The number of carboxylic acid groups (broad SMARTS) is 1. The van der Waals surface area contributed by atoms with Crippen molar-refractivity contribution in [1.82, 2.24) is 15.5 Å². The van der Waals surface area contributed by atoms with Crippen LogP contribution >= 0.6 is 0 Å². The number of carbonyl (C=O) groups excluding carboxylic acids is 2. The lowest BCUT2D eigenvalue weighted by Gasteiger charge is -2.12. The van der Waals surface area contributed by atoms with Gasteiger partial charge in [-0.05, 0) is 6.42 Å². The maximum absolute atomic E-state index is 11.6. The summed E-state index contributed by atoms with van der Waals surface area (Å²) in [5, 5.41) is 14.8. The molecule has 9 heteroatoms. The summed E-state index contributed by atoms with van der Waals surface area (Å²) in [7, 11) is 0. The van der Waals surface area contributed by atoms with Crippen molar-refractivity contribution in [2.45, 2.75) is 45.1 Å². The zero-order valence-corrected chi connectivity index (χ0v) is 11.7. The average Bonchev–Trinajstić information content (AvgIpc) is 2.83. The summed E-state index contributed by atoms with van der Waals surface area (Å²) in [6.45, 7) is 1.98. The van der Waals surface area contributed by atoms with E-state index in [9.17, 15) is 14.4 Å². The van der Waals surface area contributed by atoms with Crippen molar-refractivity contribution in [2.75, 3.05) is 0 Å². The highest BCUT2D eigenvalue weighted by atomic mass is 16.5. The van der Waals surface area contributed by atoms with Gasteiger partial charge < -0.3 is 20.7 Å². The van der Waals surface area contributed by atoms with E-state index in [0.717, 1.165) is 6.42 Å². The first-order valence-electron chi connectivity index (χ1n) is 6.54. The van der Waals surface area contributed by atoms with Crippen LogP contribution in [0.4, 0.5) is 0 Å². The van der Waals surface area contributed by atoms with Crippen molar-refractivity contribution in [3.63, 3.8) is 0 Å². The predicted octanol–water partition coefficient (Wildman–Crippen LogP) is -0.600. The van der Waals surface area contributed by atoms with Gasteiger partial charge in [0.05, 0.1) is 6.42 Å². The monoisotopic (exact) mass is 298 g/mol. The summed E-state index contributed by atoms with van der Waals surface area (Å²) in [6.07, 6.45) is 1.30. The Hall–Kier alpha value is -2.45. The van der Waals surface area contributed by atoms with Crippen LogP contribution in [0.15, 0.2) is 4.52 Å². The van der Waals surface area contributed by atoms with Crippen molar-refractivity contribution in [1.29, 1.82) is 0 Å². The summed E-state index contributed by atoms with van der Waals surface area (Å²) in [5.41, 5.74) is 4.92. The van der Waals surface area contributed by atoms with Crippen LogP contribution in [-0.2, 0) is 27.2 Å².